The molecular formula is C24H24N6OS. The van der Waals surface area contributed by atoms with Crippen molar-refractivity contribution < 1.29 is 4.79 Å². The average molecular weight is 445 g/mol. The van der Waals surface area contributed by atoms with Gasteiger partial charge in [-0.15, -0.1) is 10.2 Å². The van der Waals surface area contributed by atoms with E-state index in [1.807, 2.05) is 48.5 Å². The number of carbonyl (C=O) groups excluding carboxylic acids is 1. The van der Waals surface area contributed by atoms with E-state index in [2.05, 4.69) is 22.1 Å². The van der Waals surface area contributed by atoms with E-state index in [4.69, 9.17) is 10.7 Å². The van der Waals surface area contributed by atoms with Crippen LogP contribution in [0.15, 0.2) is 54.7 Å². The summed E-state index contributed by atoms with van der Waals surface area (Å²) in [6.45, 7) is 2.11. The Morgan fingerprint density at radius 3 is 2.53 bits per heavy atom. The third-order valence-electron chi connectivity index (χ3n) is 5.00. The van der Waals surface area contributed by atoms with Crippen LogP contribution in [0.5, 0.6) is 0 Å². The van der Waals surface area contributed by atoms with Crippen molar-refractivity contribution in [1.82, 2.24) is 25.1 Å². The highest BCUT2D eigenvalue weighted by Gasteiger charge is 2.17. The van der Waals surface area contributed by atoms with E-state index in [9.17, 15) is 4.79 Å². The largest absolute Gasteiger partial charge is 0.382 e. The molecule has 4 rings (SSSR count). The van der Waals surface area contributed by atoms with Crippen LogP contribution in [0.2, 0.25) is 0 Å². The minimum absolute atomic E-state index is 0.0275. The lowest BCUT2D eigenvalue weighted by atomic mass is 9.97. The number of hydrogen-bond donors (Lipinski definition) is 1. The number of carbonyl (C=O) groups is 1. The first-order chi connectivity index (χ1) is 15.5. The summed E-state index contributed by atoms with van der Waals surface area (Å²) in [6.07, 6.45) is 3.43. The zero-order chi connectivity index (χ0) is 22.7. The maximum absolute atomic E-state index is 12.4. The second-order valence-electron chi connectivity index (χ2n) is 7.59. The van der Waals surface area contributed by atoms with Gasteiger partial charge in [0.15, 0.2) is 10.8 Å². The van der Waals surface area contributed by atoms with Gasteiger partial charge in [-0.05, 0) is 24.1 Å². The molecule has 2 aromatic carbocycles. The van der Waals surface area contributed by atoms with Gasteiger partial charge in [0.1, 0.15) is 10.7 Å². The third-order valence-corrected chi connectivity index (χ3v) is 5.98. The van der Waals surface area contributed by atoms with E-state index in [0.29, 0.717) is 27.8 Å². The van der Waals surface area contributed by atoms with Crippen LogP contribution in [-0.2, 0) is 6.42 Å². The van der Waals surface area contributed by atoms with Gasteiger partial charge in [0.05, 0.1) is 11.9 Å². The summed E-state index contributed by atoms with van der Waals surface area (Å²) in [6, 6.07) is 15.6. The topological polar surface area (TPSA) is 97.9 Å². The molecule has 0 aliphatic carbocycles. The van der Waals surface area contributed by atoms with Crippen molar-refractivity contribution in [2.45, 2.75) is 19.8 Å². The highest BCUT2D eigenvalue weighted by atomic mass is 32.1. The Morgan fingerprint density at radius 2 is 1.81 bits per heavy atom. The van der Waals surface area contributed by atoms with E-state index < -0.39 is 0 Å². The average Bonchev–Trinajstić information content (AvgIpc) is 3.30. The Labute approximate surface area is 191 Å². The van der Waals surface area contributed by atoms with Crippen molar-refractivity contribution in [1.29, 1.82) is 0 Å². The number of aryl methyl sites for hydroxylation is 1. The molecule has 1 amide bonds. The normalized spacial score (nSPS) is 10.8. The van der Waals surface area contributed by atoms with Crippen molar-refractivity contribution in [2.75, 3.05) is 19.8 Å². The zero-order valence-corrected chi connectivity index (χ0v) is 19.1. The van der Waals surface area contributed by atoms with Crippen molar-refractivity contribution in [3.05, 3.63) is 65.9 Å². The zero-order valence-electron chi connectivity index (χ0n) is 18.2. The van der Waals surface area contributed by atoms with Crippen molar-refractivity contribution in [3.8, 4) is 32.5 Å². The van der Waals surface area contributed by atoms with Crippen molar-refractivity contribution in [2.24, 2.45) is 0 Å². The number of benzene rings is 2. The quantitative estimate of drug-likeness (QED) is 0.468. The van der Waals surface area contributed by atoms with Gasteiger partial charge in [-0.1, -0.05) is 61.1 Å². The summed E-state index contributed by atoms with van der Waals surface area (Å²) < 4.78 is 0. The fourth-order valence-corrected chi connectivity index (χ4v) is 4.26. The number of aromatic nitrogens is 4. The first-order valence-electron chi connectivity index (χ1n) is 10.3. The number of nitrogens with two attached hydrogens (primary N) is 1. The lowest BCUT2D eigenvalue weighted by Gasteiger charge is -2.14. The second kappa shape index (κ2) is 9.23. The van der Waals surface area contributed by atoms with Crippen LogP contribution in [0.3, 0.4) is 0 Å². The fourth-order valence-electron chi connectivity index (χ4n) is 3.41. The second-order valence-corrected chi connectivity index (χ2v) is 8.57. The molecule has 0 spiro atoms. The van der Waals surface area contributed by atoms with Gasteiger partial charge in [-0.2, -0.15) is 0 Å². The van der Waals surface area contributed by atoms with Crippen LogP contribution in [0.4, 0.5) is 5.82 Å². The lowest BCUT2D eigenvalue weighted by molar-refractivity contribution is 0.0827. The number of nitrogen functional groups attached to an aromatic ring is 1. The molecule has 0 fully saturated rings. The van der Waals surface area contributed by atoms with E-state index in [1.165, 1.54) is 11.3 Å². The first kappa shape index (κ1) is 21.6. The van der Waals surface area contributed by atoms with Gasteiger partial charge in [-0.3, -0.25) is 4.79 Å². The van der Waals surface area contributed by atoms with Crippen molar-refractivity contribution in [3.63, 3.8) is 0 Å². The summed E-state index contributed by atoms with van der Waals surface area (Å²) in [5.74, 6) is 0.279. The maximum atomic E-state index is 12.4. The van der Waals surface area contributed by atoms with Gasteiger partial charge in [0.2, 0.25) is 0 Å². The molecule has 2 aromatic heterocycles. The summed E-state index contributed by atoms with van der Waals surface area (Å²) in [5.41, 5.74) is 11.0. The fraction of sp³-hybridized carbons (Fsp3) is 0.208. The van der Waals surface area contributed by atoms with Crippen molar-refractivity contribution >= 4 is 23.1 Å². The highest BCUT2D eigenvalue weighted by Crippen LogP contribution is 2.33. The Kier molecular flexibility index (Phi) is 6.23. The molecule has 2 N–H and O–H groups in total. The molecule has 32 heavy (non-hydrogen) atoms. The van der Waals surface area contributed by atoms with Crippen LogP contribution in [0, 0.1) is 0 Å². The monoisotopic (exact) mass is 444 g/mol. The molecule has 0 bridgehead atoms. The Morgan fingerprint density at radius 1 is 1.06 bits per heavy atom. The smallest absolute Gasteiger partial charge is 0.253 e. The summed E-state index contributed by atoms with van der Waals surface area (Å²) in [7, 11) is 3.50. The Balaban J connectivity index is 1.75. The molecule has 8 heteroatoms. The molecular weight excluding hydrogens is 420 g/mol. The maximum Gasteiger partial charge on any atom is 0.253 e. The minimum atomic E-state index is -0.0275. The van der Waals surface area contributed by atoms with Gasteiger partial charge in [0.25, 0.3) is 5.91 Å². The van der Waals surface area contributed by atoms with Crippen LogP contribution in [0.1, 0.15) is 29.3 Å². The first-order valence-corrected chi connectivity index (χ1v) is 11.2. The van der Waals surface area contributed by atoms with Crippen LogP contribution in [-0.4, -0.2) is 45.1 Å². The molecule has 0 saturated heterocycles. The number of hydrogen-bond acceptors (Lipinski definition) is 7. The number of anilines is 1. The molecule has 0 unspecified atom stereocenters. The summed E-state index contributed by atoms with van der Waals surface area (Å²) in [5, 5.41) is 10.0. The Hall–Kier alpha value is -3.65. The molecule has 0 aliphatic rings. The molecule has 0 saturated carbocycles. The van der Waals surface area contributed by atoms with Gasteiger partial charge < -0.3 is 10.6 Å². The molecule has 0 aliphatic heterocycles. The summed E-state index contributed by atoms with van der Waals surface area (Å²) >= 11 is 1.43. The van der Waals surface area contributed by atoms with E-state index >= 15 is 0 Å². The molecule has 0 radical (unpaired) electrons. The molecule has 0 atom stereocenters. The highest BCUT2D eigenvalue weighted by molar-refractivity contribution is 7.17. The van der Waals surface area contributed by atoms with Gasteiger partial charge in [-0.25, -0.2) is 9.97 Å². The molecule has 4 aromatic rings. The number of nitrogens with zero attached hydrogens (tertiary/aromatic N) is 5. The van der Waals surface area contributed by atoms with Gasteiger partial charge >= 0.3 is 0 Å². The van der Waals surface area contributed by atoms with Crippen LogP contribution in [0.25, 0.3) is 32.5 Å². The SMILES string of the molecule is CCCc1cc(C(=O)N(C)C)ccc1-c1cnc(N)c(-c2nnc(-c3ccccc3)s2)n1. The molecule has 7 nitrogen and oxygen atoms in total. The third kappa shape index (κ3) is 4.36. The standard InChI is InChI=1S/C24H24N6OS/c1-4-8-16-13-17(24(31)30(2)3)11-12-18(16)19-14-26-21(25)20(27-19)23-29-28-22(32-23)15-9-6-5-7-10-15/h5-7,9-14H,4,8H2,1-3H3,(H2,25,26). The summed E-state index contributed by atoms with van der Waals surface area (Å²) in [4.78, 5) is 23.2. The number of rotatable bonds is 6. The van der Waals surface area contributed by atoms with E-state index in [0.717, 1.165) is 34.5 Å². The lowest BCUT2D eigenvalue weighted by Crippen LogP contribution is -2.21. The van der Waals surface area contributed by atoms with E-state index in [1.54, 1.807) is 25.2 Å². The predicted octanol–water partition coefficient (Wildman–Crippen LogP) is 4.57. The molecule has 162 valence electrons. The van der Waals surface area contributed by atoms with E-state index in [-0.39, 0.29) is 5.91 Å². The van der Waals surface area contributed by atoms with Crippen LogP contribution >= 0.6 is 11.3 Å². The minimum Gasteiger partial charge on any atom is -0.382 e. The predicted molar refractivity (Wildman–Crippen MR) is 128 cm³/mol. The number of amides is 1. The van der Waals surface area contributed by atoms with Gasteiger partial charge in [0, 0.05) is 30.8 Å². The van der Waals surface area contributed by atoms with Crippen LogP contribution < -0.4 is 5.73 Å². The molecule has 2 heterocycles. The Bertz CT molecular complexity index is 1250.